The van der Waals surface area contributed by atoms with Crippen LogP contribution < -0.4 is 20.1 Å². The van der Waals surface area contributed by atoms with Crippen LogP contribution in [-0.4, -0.2) is 74.1 Å². The van der Waals surface area contributed by atoms with Crippen molar-refractivity contribution in [3.63, 3.8) is 0 Å². The number of rotatable bonds is 6. The number of likely N-dealkylation sites (N-methyl/N-ethyl adjacent to an activating group) is 1. The second-order valence-electron chi connectivity index (χ2n) is 7.73. The van der Waals surface area contributed by atoms with Crippen molar-refractivity contribution in [3.05, 3.63) is 54.1 Å². The van der Waals surface area contributed by atoms with Gasteiger partial charge >= 0.3 is 0 Å². The number of carbonyl (C=O) groups is 2. The summed E-state index contributed by atoms with van der Waals surface area (Å²) in [5.41, 5.74) is 1.86. The van der Waals surface area contributed by atoms with Crippen molar-refractivity contribution in [2.45, 2.75) is 12.6 Å². The van der Waals surface area contributed by atoms with E-state index in [-0.39, 0.29) is 24.4 Å². The van der Waals surface area contributed by atoms with Gasteiger partial charge in [-0.15, -0.1) is 0 Å². The Kier molecular flexibility index (Phi) is 6.69. The molecule has 1 fully saturated rings. The van der Waals surface area contributed by atoms with Crippen molar-refractivity contribution in [2.24, 2.45) is 0 Å². The Balaban J connectivity index is 1.37. The quantitative estimate of drug-likeness (QED) is 0.728. The maximum absolute atomic E-state index is 12.7. The van der Waals surface area contributed by atoms with Crippen LogP contribution in [0.1, 0.15) is 5.56 Å². The third-order valence-corrected chi connectivity index (χ3v) is 5.55. The highest BCUT2D eigenvalue weighted by Crippen LogP contribution is 2.32. The van der Waals surface area contributed by atoms with Crippen molar-refractivity contribution in [1.29, 1.82) is 0 Å². The fraction of sp³-hybridized carbons (Fsp3) is 0.391. The summed E-state index contributed by atoms with van der Waals surface area (Å²) in [6.45, 7) is 3.95. The lowest BCUT2D eigenvalue weighted by Gasteiger charge is -2.40. The van der Waals surface area contributed by atoms with E-state index in [1.165, 1.54) is 5.56 Å². The molecule has 0 unspecified atom stereocenters. The second kappa shape index (κ2) is 9.80. The van der Waals surface area contributed by atoms with Crippen molar-refractivity contribution in [3.8, 4) is 11.5 Å². The van der Waals surface area contributed by atoms with Gasteiger partial charge in [0.05, 0.1) is 6.54 Å². The van der Waals surface area contributed by atoms with Crippen molar-refractivity contribution in [2.75, 3.05) is 51.8 Å². The fourth-order valence-electron chi connectivity index (χ4n) is 3.97. The highest BCUT2D eigenvalue weighted by molar-refractivity contribution is 5.93. The first-order valence-corrected chi connectivity index (χ1v) is 10.5. The molecular weight excluding hydrogens is 396 g/mol. The maximum atomic E-state index is 12.7. The number of nitrogens with zero attached hydrogens (tertiary/aromatic N) is 2. The number of hydrogen-bond donors (Lipinski definition) is 2. The summed E-state index contributed by atoms with van der Waals surface area (Å²) in [7, 11) is 1.63. The van der Waals surface area contributed by atoms with E-state index in [4.69, 9.17) is 9.47 Å². The zero-order valence-corrected chi connectivity index (χ0v) is 17.7. The Morgan fingerprint density at radius 1 is 1.03 bits per heavy atom. The molecule has 0 saturated carbocycles. The van der Waals surface area contributed by atoms with Gasteiger partial charge in [-0.05, 0) is 17.7 Å². The van der Waals surface area contributed by atoms with E-state index >= 15 is 0 Å². The molecule has 1 saturated heterocycles. The van der Waals surface area contributed by atoms with E-state index in [1.807, 2.05) is 23.1 Å². The molecule has 8 nitrogen and oxygen atoms in total. The van der Waals surface area contributed by atoms with Crippen LogP contribution >= 0.6 is 0 Å². The van der Waals surface area contributed by atoms with Crippen LogP contribution in [0.25, 0.3) is 0 Å². The Labute approximate surface area is 182 Å². The minimum absolute atomic E-state index is 0.0788. The fourth-order valence-corrected chi connectivity index (χ4v) is 3.97. The lowest BCUT2D eigenvalue weighted by atomic mass is 10.1. The van der Waals surface area contributed by atoms with Gasteiger partial charge in [0.1, 0.15) is 19.3 Å². The standard InChI is InChI=1S/C23H28N4O4/c1-24-23(29)19-15-26(14-17-5-3-2-4-6-17)9-10-27(19)16-22(28)25-18-7-8-20-21(13-18)31-12-11-30-20/h2-8,13,19H,9-12,14-16H2,1H3,(H,24,29)(H,25,28)/t19-/m0/s1. The third-order valence-electron chi connectivity index (χ3n) is 5.55. The number of ether oxygens (including phenoxy) is 2. The number of benzene rings is 2. The molecule has 2 amide bonds. The summed E-state index contributed by atoms with van der Waals surface area (Å²) in [5, 5.41) is 5.64. The van der Waals surface area contributed by atoms with Crippen molar-refractivity contribution >= 4 is 17.5 Å². The Morgan fingerprint density at radius 2 is 1.81 bits per heavy atom. The van der Waals surface area contributed by atoms with Gasteiger partial charge in [-0.25, -0.2) is 0 Å². The molecule has 0 bridgehead atoms. The van der Waals surface area contributed by atoms with Crippen LogP contribution in [0, 0.1) is 0 Å². The molecule has 31 heavy (non-hydrogen) atoms. The number of nitrogens with one attached hydrogen (secondary N) is 2. The normalized spacial score (nSPS) is 18.9. The molecule has 1 atom stereocenters. The maximum Gasteiger partial charge on any atom is 0.238 e. The minimum Gasteiger partial charge on any atom is -0.486 e. The highest BCUT2D eigenvalue weighted by Gasteiger charge is 2.33. The smallest absolute Gasteiger partial charge is 0.238 e. The summed E-state index contributed by atoms with van der Waals surface area (Å²) in [6, 6.07) is 15.2. The summed E-state index contributed by atoms with van der Waals surface area (Å²) in [6.07, 6.45) is 0. The molecule has 8 heteroatoms. The molecule has 2 aromatic carbocycles. The number of piperazine rings is 1. The average Bonchev–Trinajstić information content (AvgIpc) is 2.80. The molecule has 2 aliphatic rings. The molecule has 2 aliphatic heterocycles. The minimum atomic E-state index is -0.381. The predicted octanol–water partition coefficient (Wildman–Crippen LogP) is 1.33. The van der Waals surface area contributed by atoms with Crippen molar-refractivity contribution < 1.29 is 19.1 Å². The van der Waals surface area contributed by atoms with Crippen LogP contribution in [0.2, 0.25) is 0 Å². The Bertz CT molecular complexity index is 921. The van der Waals surface area contributed by atoms with Crippen LogP contribution in [0.5, 0.6) is 11.5 Å². The van der Waals surface area contributed by atoms with E-state index in [1.54, 1.807) is 25.2 Å². The molecule has 0 aromatic heterocycles. The van der Waals surface area contributed by atoms with E-state index in [0.29, 0.717) is 43.5 Å². The molecule has 164 valence electrons. The zero-order valence-electron chi connectivity index (χ0n) is 17.7. The number of anilines is 1. The van der Waals surface area contributed by atoms with Crippen LogP contribution in [0.15, 0.2) is 48.5 Å². The molecule has 2 aromatic rings. The topological polar surface area (TPSA) is 83.1 Å². The molecule has 2 heterocycles. The Morgan fingerprint density at radius 3 is 2.58 bits per heavy atom. The number of amides is 2. The van der Waals surface area contributed by atoms with Gasteiger partial charge in [-0.2, -0.15) is 0 Å². The summed E-state index contributed by atoms with van der Waals surface area (Å²) in [4.78, 5) is 29.4. The van der Waals surface area contributed by atoms with Crippen LogP contribution in [0.4, 0.5) is 5.69 Å². The summed E-state index contributed by atoms with van der Waals surface area (Å²) >= 11 is 0. The van der Waals surface area contributed by atoms with E-state index in [0.717, 1.165) is 13.1 Å². The number of carbonyl (C=O) groups excluding carboxylic acids is 2. The predicted molar refractivity (Wildman–Crippen MR) is 117 cm³/mol. The summed E-state index contributed by atoms with van der Waals surface area (Å²) in [5.74, 6) is 1.06. The molecule has 2 N–H and O–H groups in total. The van der Waals surface area contributed by atoms with Crippen LogP contribution in [0.3, 0.4) is 0 Å². The molecule has 0 radical (unpaired) electrons. The van der Waals surface area contributed by atoms with Crippen molar-refractivity contribution in [1.82, 2.24) is 15.1 Å². The van der Waals surface area contributed by atoms with E-state index in [9.17, 15) is 9.59 Å². The first-order chi connectivity index (χ1) is 15.1. The SMILES string of the molecule is CNC(=O)[C@@H]1CN(Cc2ccccc2)CCN1CC(=O)Nc1ccc2c(c1)OCCO2. The third kappa shape index (κ3) is 5.34. The lowest BCUT2D eigenvalue weighted by molar-refractivity contribution is -0.130. The zero-order chi connectivity index (χ0) is 21.6. The van der Waals surface area contributed by atoms with E-state index < -0.39 is 0 Å². The number of fused-ring (bicyclic) bond motifs is 1. The number of hydrogen-bond acceptors (Lipinski definition) is 6. The highest BCUT2D eigenvalue weighted by atomic mass is 16.6. The molecule has 0 spiro atoms. The largest absolute Gasteiger partial charge is 0.486 e. The lowest BCUT2D eigenvalue weighted by Crippen LogP contribution is -2.59. The van der Waals surface area contributed by atoms with Gasteiger partial charge in [0.2, 0.25) is 11.8 Å². The monoisotopic (exact) mass is 424 g/mol. The van der Waals surface area contributed by atoms with Gasteiger partial charge < -0.3 is 20.1 Å². The van der Waals surface area contributed by atoms with Gasteiger partial charge in [-0.3, -0.25) is 19.4 Å². The van der Waals surface area contributed by atoms with Crippen LogP contribution in [-0.2, 0) is 16.1 Å². The van der Waals surface area contributed by atoms with Gasteiger partial charge in [0.15, 0.2) is 11.5 Å². The van der Waals surface area contributed by atoms with E-state index in [2.05, 4.69) is 27.7 Å². The summed E-state index contributed by atoms with van der Waals surface area (Å²) < 4.78 is 11.1. The molecular formula is C23H28N4O4. The first kappa shape index (κ1) is 21.1. The second-order valence-corrected chi connectivity index (χ2v) is 7.73. The van der Waals surface area contributed by atoms with Gasteiger partial charge in [-0.1, -0.05) is 30.3 Å². The molecule has 4 rings (SSSR count). The van der Waals surface area contributed by atoms with Gasteiger partial charge in [0.25, 0.3) is 0 Å². The van der Waals surface area contributed by atoms with Gasteiger partial charge in [0, 0.05) is 45.0 Å². The Hall–Kier alpha value is -3.10. The average molecular weight is 425 g/mol. The first-order valence-electron chi connectivity index (χ1n) is 10.5. The molecule has 0 aliphatic carbocycles.